The summed E-state index contributed by atoms with van der Waals surface area (Å²) in [7, 11) is 0. The molecule has 3 rings (SSSR count). The Morgan fingerprint density at radius 3 is 2.66 bits per heavy atom. The van der Waals surface area contributed by atoms with E-state index in [-0.39, 0.29) is 5.91 Å². The Morgan fingerprint density at radius 2 is 1.93 bits per heavy atom. The van der Waals surface area contributed by atoms with E-state index in [0.717, 1.165) is 23.5 Å². The van der Waals surface area contributed by atoms with Gasteiger partial charge in [0.1, 0.15) is 15.8 Å². The SMILES string of the molecule is Cc1ccc(C(C)C)c(OCCCOc2cccc(/C=C3\SC(=S)NC3=O)c2)c1. The molecule has 2 aromatic rings. The van der Waals surface area contributed by atoms with Crippen LogP contribution in [0.2, 0.25) is 0 Å². The quantitative estimate of drug-likeness (QED) is 0.345. The van der Waals surface area contributed by atoms with Crippen LogP contribution in [-0.2, 0) is 4.79 Å². The summed E-state index contributed by atoms with van der Waals surface area (Å²) in [4.78, 5) is 12.4. The molecule has 0 spiro atoms. The van der Waals surface area contributed by atoms with Gasteiger partial charge >= 0.3 is 0 Å². The normalized spacial score (nSPS) is 15.1. The molecule has 0 unspecified atom stereocenters. The molecule has 0 atom stereocenters. The number of rotatable bonds is 8. The Bertz CT molecular complexity index is 937. The third kappa shape index (κ3) is 6.08. The molecule has 0 bridgehead atoms. The molecule has 0 saturated carbocycles. The lowest BCUT2D eigenvalue weighted by Gasteiger charge is -2.15. The maximum absolute atomic E-state index is 11.8. The molecule has 6 heteroatoms. The largest absolute Gasteiger partial charge is 0.493 e. The van der Waals surface area contributed by atoms with Gasteiger partial charge in [-0.05, 0) is 53.8 Å². The minimum atomic E-state index is -0.152. The van der Waals surface area contributed by atoms with Crippen LogP contribution in [0.5, 0.6) is 11.5 Å². The zero-order chi connectivity index (χ0) is 20.8. The molecule has 152 valence electrons. The first-order valence-electron chi connectivity index (χ1n) is 9.63. The van der Waals surface area contributed by atoms with E-state index < -0.39 is 0 Å². The lowest BCUT2D eigenvalue weighted by molar-refractivity contribution is -0.115. The number of thiocarbonyl (C=S) groups is 1. The molecule has 29 heavy (non-hydrogen) atoms. The summed E-state index contributed by atoms with van der Waals surface area (Å²) in [6, 6.07) is 14.0. The Balaban J connectivity index is 1.51. The Hall–Kier alpha value is -2.31. The number of amides is 1. The van der Waals surface area contributed by atoms with Gasteiger partial charge in [-0.25, -0.2) is 0 Å². The van der Waals surface area contributed by atoms with E-state index in [1.54, 1.807) is 0 Å². The van der Waals surface area contributed by atoms with Crippen LogP contribution in [0, 0.1) is 6.92 Å². The molecule has 0 radical (unpaired) electrons. The molecule has 4 nitrogen and oxygen atoms in total. The first-order chi connectivity index (χ1) is 13.9. The van der Waals surface area contributed by atoms with Crippen LogP contribution >= 0.6 is 24.0 Å². The van der Waals surface area contributed by atoms with Crippen molar-refractivity contribution >= 4 is 40.3 Å². The number of carbonyl (C=O) groups is 1. The molecule has 1 N–H and O–H groups in total. The summed E-state index contributed by atoms with van der Waals surface area (Å²) in [6.45, 7) is 7.57. The van der Waals surface area contributed by atoms with Crippen LogP contribution in [0.15, 0.2) is 47.4 Å². The molecule has 1 fully saturated rings. The first kappa shape index (κ1) is 21.4. The number of benzene rings is 2. The van der Waals surface area contributed by atoms with Crippen LogP contribution in [0.4, 0.5) is 0 Å². The average molecular weight is 428 g/mol. The Labute approximate surface area is 181 Å². The second-order valence-corrected chi connectivity index (χ2v) is 8.89. The van der Waals surface area contributed by atoms with Gasteiger partial charge in [-0.3, -0.25) is 4.79 Å². The second-order valence-electron chi connectivity index (χ2n) is 7.17. The first-order valence-corrected chi connectivity index (χ1v) is 10.9. The number of carbonyl (C=O) groups excluding carboxylic acids is 1. The number of nitrogens with one attached hydrogen (secondary N) is 1. The van der Waals surface area contributed by atoms with Gasteiger partial charge in [0, 0.05) is 6.42 Å². The van der Waals surface area contributed by atoms with Crippen molar-refractivity contribution in [2.24, 2.45) is 0 Å². The third-order valence-corrected chi connectivity index (χ3v) is 5.57. The van der Waals surface area contributed by atoms with Crippen LogP contribution in [-0.4, -0.2) is 23.4 Å². The van der Waals surface area contributed by atoms with Gasteiger partial charge in [0.2, 0.25) is 0 Å². The molecule has 0 aromatic heterocycles. The minimum absolute atomic E-state index is 0.152. The van der Waals surface area contributed by atoms with Gasteiger partial charge in [0.15, 0.2) is 0 Å². The van der Waals surface area contributed by atoms with Gasteiger partial charge in [-0.15, -0.1) is 0 Å². The number of ether oxygens (including phenoxy) is 2. The highest BCUT2D eigenvalue weighted by Crippen LogP contribution is 2.28. The van der Waals surface area contributed by atoms with Crippen molar-refractivity contribution in [3.63, 3.8) is 0 Å². The highest BCUT2D eigenvalue weighted by molar-refractivity contribution is 8.26. The van der Waals surface area contributed by atoms with E-state index in [9.17, 15) is 4.79 Å². The van der Waals surface area contributed by atoms with Crippen LogP contribution in [0.25, 0.3) is 6.08 Å². The lowest BCUT2D eigenvalue weighted by Crippen LogP contribution is -2.17. The highest BCUT2D eigenvalue weighted by Gasteiger charge is 2.21. The zero-order valence-electron chi connectivity index (χ0n) is 16.9. The molecule has 1 aliphatic heterocycles. The lowest BCUT2D eigenvalue weighted by atomic mass is 10.0. The van der Waals surface area contributed by atoms with Crippen molar-refractivity contribution in [2.75, 3.05) is 13.2 Å². The van der Waals surface area contributed by atoms with Gasteiger partial charge in [0.05, 0.1) is 18.1 Å². The summed E-state index contributed by atoms with van der Waals surface area (Å²) >= 11 is 6.29. The van der Waals surface area contributed by atoms with E-state index in [4.69, 9.17) is 21.7 Å². The van der Waals surface area contributed by atoms with Crippen LogP contribution in [0.1, 0.15) is 42.9 Å². The Morgan fingerprint density at radius 1 is 1.14 bits per heavy atom. The maximum Gasteiger partial charge on any atom is 0.263 e. The molecular formula is C23H25NO3S2. The van der Waals surface area contributed by atoms with E-state index in [1.165, 1.54) is 22.9 Å². The number of thioether (sulfide) groups is 1. The predicted octanol–water partition coefficient (Wildman–Crippen LogP) is 5.46. The zero-order valence-corrected chi connectivity index (χ0v) is 18.5. The average Bonchev–Trinajstić information content (AvgIpc) is 2.98. The van der Waals surface area contributed by atoms with Gasteiger partial charge in [0.25, 0.3) is 5.91 Å². The van der Waals surface area contributed by atoms with Crippen molar-refractivity contribution in [3.05, 3.63) is 64.1 Å². The third-order valence-electron chi connectivity index (χ3n) is 4.40. The van der Waals surface area contributed by atoms with Crippen LogP contribution < -0.4 is 14.8 Å². The van der Waals surface area contributed by atoms with E-state index >= 15 is 0 Å². The van der Waals surface area contributed by atoms with Crippen molar-refractivity contribution in [3.8, 4) is 11.5 Å². The molecule has 0 aliphatic carbocycles. The number of hydrogen-bond acceptors (Lipinski definition) is 5. The van der Waals surface area contributed by atoms with Gasteiger partial charge in [-0.1, -0.05) is 62.1 Å². The monoisotopic (exact) mass is 427 g/mol. The van der Waals surface area contributed by atoms with Crippen molar-refractivity contribution in [1.82, 2.24) is 5.32 Å². The van der Waals surface area contributed by atoms with E-state index in [1.807, 2.05) is 30.3 Å². The fourth-order valence-electron chi connectivity index (χ4n) is 2.94. The minimum Gasteiger partial charge on any atom is -0.493 e. The fraction of sp³-hybridized carbons (Fsp3) is 0.304. The molecule has 2 aromatic carbocycles. The summed E-state index contributed by atoms with van der Waals surface area (Å²) in [6.07, 6.45) is 2.60. The Kier molecular flexibility index (Phi) is 7.34. The smallest absolute Gasteiger partial charge is 0.263 e. The van der Waals surface area contributed by atoms with Gasteiger partial charge in [-0.2, -0.15) is 0 Å². The summed E-state index contributed by atoms with van der Waals surface area (Å²) in [5.74, 6) is 2.00. The predicted molar refractivity (Wildman–Crippen MR) is 124 cm³/mol. The fourth-order valence-corrected chi connectivity index (χ4v) is 3.99. The topological polar surface area (TPSA) is 47.6 Å². The standard InChI is InChI=1S/C23H25NO3S2/c1-15(2)19-9-8-16(3)12-20(19)27-11-5-10-26-18-7-4-6-17(13-18)14-21-22(25)24-23(28)29-21/h4,6-9,12-15H,5,10-11H2,1-3H3,(H,24,25,28)/b21-14-. The second kappa shape index (κ2) is 9.94. The maximum atomic E-state index is 11.8. The van der Waals surface area contributed by atoms with Crippen molar-refractivity contribution in [2.45, 2.75) is 33.1 Å². The van der Waals surface area contributed by atoms with E-state index in [2.05, 4.69) is 44.3 Å². The molecule has 1 aliphatic rings. The molecule has 1 saturated heterocycles. The number of aryl methyl sites for hydroxylation is 1. The van der Waals surface area contributed by atoms with Crippen molar-refractivity contribution in [1.29, 1.82) is 0 Å². The van der Waals surface area contributed by atoms with Crippen LogP contribution in [0.3, 0.4) is 0 Å². The summed E-state index contributed by atoms with van der Waals surface area (Å²) in [5, 5.41) is 2.62. The summed E-state index contributed by atoms with van der Waals surface area (Å²) in [5.41, 5.74) is 3.33. The van der Waals surface area contributed by atoms with Crippen molar-refractivity contribution < 1.29 is 14.3 Å². The molecule has 1 amide bonds. The van der Waals surface area contributed by atoms with Gasteiger partial charge < -0.3 is 14.8 Å². The van der Waals surface area contributed by atoms with E-state index in [0.29, 0.717) is 28.4 Å². The summed E-state index contributed by atoms with van der Waals surface area (Å²) < 4.78 is 12.3. The molecule has 1 heterocycles. The number of hydrogen-bond donors (Lipinski definition) is 1. The molecular weight excluding hydrogens is 402 g/mol. The highest BCUT2D eigenvalue weighted by atomic mass is 32.2.